The molecule has 2 aromatic rings. The van der Waals surface area contributed by atoms with Crippen LogP contribution in [0.2, 0.25) is 0 Å². The van der Waals surface area contributed by atoms with Crippen molar-refractivity contribution in [1.82, 2.24) is 0 Å². The third kappa shape index (κ3) is 3.01. The summed E-state index contributed by atoms with van der Waals surface area (Å²) in [5.41, 5.74) is 6.13. The van der Waals surface area contributed by atoms with Crippen LogP contribution in [0.4, 0.5) is 5.69 Å². The van der Waals surface area contributed by atoms with Gasteiger partial charge in [-0.05, 0) is 43.5 Å². The van der Waals surface area contributed by atoms with Crippen molar-refractivity contribution in [2.45, 2.75) is 20.8 Å². The second-order valence-corrected chi connectivity index (χ2v) is 4.63. The topological polar surface area (TPSA) is 12.0 Å². The minimum atomic E-state index is 1.15. The number of anilines is 1. The Balaban J connectivity index is 2.22. The fourth-order valence-electron chi connectivity index (χ4n) is 2.04. The number of aryl methyl sites for hydroxylation is 2. The first kappa shape index (κ1) is 12.4. The van der Waals surface area contributed by atoms with Gasteiger partial charge < -0.3 is 5.32 Å². The molecule has 0 saturated carbocycles. The van der Waals surface area contributed by atoms with Gasteiger partial charge in [0.2, 0.25) is 0 Å². The molecule has 0 aliphatic rings. The molecule has 18 heavy (non-hydrogen) atoms. The van der Waals surface area contributed by atoms with E-state index in [4.69, 9.17) is 0 Å². The number of rotatable bonds is 3. The lowest BCUT2D eigenvalue weighted by Crippen LogP contribution is -1.99. The van der Waals surface area contributed by atoms with Gasteiger partial charge in [-0.25, -0.2) is 0 Å². The van der Waals surface area contributed by atoms with Crippen LogP contribution in [0.15, 0.2) is 54.2 Å². The van der Waals surface area contributed by atoms with Gasteiger partial charge in [0.05, 0.1) is 0 Å². The van der Waals surface area contributed by atoms with Gasteiger partial charge in [-0.3, -0.25) is 0 Å². The van der Waals surface area contributed by atoms with E-state index in [1.165, 1.54) is 22.4 Å². The molecule has 2 aromatic carbocycles. The highest BCUT2D eigenvalue weighted by atomic mass is 14.9. The Kier molecular flexibility index (Phi) is 3.83. The summed E-state index contributed by atoms with van der Waals surface area (Å²) in [5.74, 6) is 0. The Morgan fingerprint density at radius 2 is 1.50 bits per heavy atom. The van der Waals surface area contributed by atoms with Gasteiger partial charge in [0.15, 0.2) is 0 Å². The third-order valence-electron chi connectivity index (χ3n) is 2.99. The largest absolute Gasteiger partial charge is 0.359 e. The smallest absolute Gasteiger partial charge is 0.0441 e. The zero-order valence-corrected chi connectivity index (χ0v) is 11.2. The minimum absolute atomic E-state index is 1.15. The molecule has 0 amide bonds. The van der Waals surface area contributed by atoms with E-state index < -0.39 is 0 Å². The first-order valence-corrected chi connectivity index (χ1v) is 6.23. The Morgan fingerprint density at radius 3 is 2.11 bits per heavy atom. The van der Waals surface area contributed by atoms with Crippen LogP contribution in [0.1, 0.15) is 23.6 Å². The molecular formula is C17H19N. The monoisotopic (exact) mass is 237 g/mol. The molecule has 0 saturated heterocycles. The maximum Gasteiger partial charge on any atom is 0.0441 e. The zero-order chi connectivity index (χ0) is 13.0. The maximum absolute atomic E-state index is 3.49. The second kappa shape index (κ2) is 5.54. The number of hydrogen-bond acceptors (Lipinski definition) is 1. The van der Waals surface area contributed by atoms with Gasteiger partial charge >= 0.3 is 0 Å². The predicted molar refractivity (Wildman–Crippen MR) is 79.6 cm³/mol. The van der Waals surface area contributed by atoms with Crippen LogP contribution in [-0.2, 0) is 0 Å². The van der Waals surface area contributed by atoms with Crippen molar-refractivity contribution >= 4 is 11.8 Å². The molecule has 0 aliphatic heterocycles. The highest BCUT2D eigenvalue weighted by molar-refractivity contribution is 5.64. The molecule has 0 aromatic heterocycles. The summed E-state index contributed by atoms with van der Waals surface area (Å²) in [6.07, 6.45) is 2.16. The number of allylic oxidation sites excluding steroid dienone is 1. The summed E-state index contributed by atoms with van der Waals surface area (Å²) >= 11 is 0. The van der Waals surface area contributed by atoms with Crippen molar-refractivity contribution in [2.75, 3.05) is 5.32 Å². The first-order valence-electron chi connectivity index (χ1n) is 6.23. The normalized spacial score (nSPS) is 11.4. The summed E-state index contributed by atoms with van der Waals surface area (Å²) in [6.45, 7) is 6.36. The molecule has 0 spiro atoms. The number of hydrogen-bond donors (Lipinski definition) is 1. The van der Waals surface area contributed by atoms with Crippen LogP contribution in [0.25, 0.3) is 6.08 Å². The van der Waals surface area contributed by atoms with E-state index in [1.54, 1.807) is 0 Å². The highest BCUT2D eigenvalue weighted by Gasteiger charge is 2.01. The number of benzene rings is 2. The summed E-state index contributed by atoms with van der Waals surface area (Å²) in [6, 6.07) is 16.7. The molecule has 0 unspecified atom stereocenters. The summed E-state index contributed by atoms with van der Waals surface area (Å²) in [7, 11) is 0. The lowest BCUT2D eigenvalue weighted by molar-refractivity contribution is 1.31. The zero-order valence-electron chi connectivity index (χ0n) is 11.2. The lowest BCUT2D eigenvalue weighted by atomic mass is 10.1. The lowest BCUT2D eigenvalue weighted by Gasteiger charge is -2.13. The van der Waals surface area contributed by atoms with Crippen LogP contribution in [0.5, 0.6) is 0 Å². The van der Waals surface area contributed by atoms with Crippen molar-refractivity contribution in [1.29, 1.82) is 0 Å². The van der Waals surface area contributed by atoms with Crippen molar-refractivity contribution < 1.29 is 0 Å². The predicted octanol–water partition coefficient (Wildman–Crippen LogP) is 4.78. The van der Waals surface area contributed by atoms with Crippen molar-refractivity contribution in [3.8, 4) is 0 Å². The summed E-state index contributed by atoms with van der Waals surface area (Å²) < 4.78 is 0. The van der Waals surface area contributed by atoms with Crippen molar-refractivity contribution in [3.05, 3.63) is 70.9 Å². The maximum atomic E-state index is 3.49. The standard InChI is InChI=1S/C17H19N/c1-13-8-7-9-14(2)17(13)18-15(3)12-16-10-5-4-6-11-16/h4-12,18H,1-3H3/b15-12+. The van der Waals surface area contributed by atoms with Gasteiger partial charge in [0.25, 0.3) is 0 Å². The van der Waals surface area contributed by atoms with Crippen LogP contribution in [0.3, 0.4) is 0 Å². The molecule has 0 fully saturated rings. The molecule has 0 radical (unpaired) electrons. The second-order valence-electron chi connectivity index (χ2n) is 4.63. The Morgan fingerprint density at radius 1 is 0.889 bits per heavy atom. The quantitative estimate of drug-likeness (QED) is 0.810. The van der Waals surface area contributed by atoms with Crippen LogP contribution < -0.4 is 5.32 Å². The molecule has 1 nitrogen and oxygen atoms in total. The summed E-state index contributed by atoms with van der Waals surface area (Å²) in [4.78, 5) is 0. The third-order valence-corrected chi connectivity index (χ3v) is 2.99. The molecule has 92 valence electrons. The highest BCUT2D eigenvalue weighted by Crippen LogP contribution is 2.21. The van der Waals surface area contributed by atoms with Gasteiger partial charge in [-0.2, -0.15) is 0 Å². The van der Waals surface area contributed by atoms with E-state index in [2.05, 4.69) is 74.6 Å². The van der Waals surface area contributed by atoms with Gasteiger partial charge in [-0.15, -0.1) is 0 Å². The van der Waals surface area contributed by atoms with E-state index in [0.29, 0.717) is 0 Å². The molecule has 0 bridgehead atoms. The SMILES string of the molecule is C/C(=C\c1ccccc1)Nc1c(C)cccc1C. The molecule has 0 atom stereocenters. The molecule has 0 heterocycles. The Bertz CT molecular complexity index is 533. The minimum Gasteiger partial charge on any atom is -0.359 e. The first-order chi connectivity index (χ1) is 8.66. The molecule has 1 heteroatoms. The Hall–Kier alpha value is -2.02. The average molecular weight is 237 g/mol. The van der Waals surface area contributed by atoms with Gasteiger partial charge in [-0.1, -0.05) is 48.5 Å². The van der Waals surface area contributed by atoms with Crippen LogP contribution in [-0.4, -0.2) is 0 Å². The van der Waals surface area contributed by atoms with Crippen molar-refractivity contribution in [3.63, 3.8) is 0 Å². The molecule has 2 rings (SSSR count). The Labute approximate surface area is 109 Å². The molecule has 0 aliphatic carbocycles. The van der Waals surface area contributed by atoms with Gasteiger partial charge in [0.1, 0.15) is 0 Å². The van der Waals surface area contributed by atoms with Gasteiger partial charge in [0, 0.05) is 11.4 Å². The number of para-hydroxylation sites is 1. The van der Waals surface area contributed by atoms with E-state index in [-0.39, 0.29) is 0 Å². The molecule has 1 N–H and O–H groups in total. The van der Waals surface area contributed by atoms with Crippen LogP contribution >= 0.6 is 0 Å². The van der Waals surface area contributed by atoms with E-state index in [1.807, 2.05) is 6.07 Å². The number of nitrogens with one attached hydrogen (secondary N) is 1. The fraction of sp³-hybridized carbons (Fsp3) is 0.176. The fourth-order valence-corrected chi connectivity index (χ4v) is 2.04. The average Bonchev–Trinajstić information content (AvgIpc) is 2.35. The molecular weight excluding hydrogens is 218 g/mol. The van der Waals surface area contributed by atoms with E-state index in [0.717, 1.165) is 5.70 Å². The van der Waals surface area contributed by atoms with E-state index in [9.17, 15) is 0 Å². The van der Waals surface area contributed by atoms with Crippen molar-refractivity contribution in [2.24, 2.45) is 0 Å². The summed E-state index contributed by atoms with van der Waals surface area (Å²) in [5, 5.41) is 3.49. The van der Waals surface area contributed by atoms with Crippen LogP contribution in [0, 0.1) is 13.8 Å². The van der Waals surface area contributed by atoms with E-state index >= 15 is 0 Å².